The summed E-state index contributed by atoms with van der Waals surface area (Å²) in [6, 6.07) is -0.313. The third-order valence-electron chi connectivity index (χ3n) is 7.42. The number of carbonyl (C=O) groups is 2. The molecule has 0 bridgehead atoms. The van der Waals surface area contributed by atoms with Crippen molar-refractivity contribution in [1.82, 2.24) is 20.2 Å². The molecule has 2 unspecified atom stereocenters. The fraction of sp³-hybridized carbons (Fsp3) is 0.600. The van der Waals surface area contributed by atoms with Gasteiger partial charge in [0.05, 0.1) is 29.6 Å². The molecule has 2 atom stereocenters. The number of likely N-dealkylation sites (tertiary alicyclic amines) is 1. The Kier molecular flexibility index (Phi) is 7.06. The van der Waals surface area contributed by atoms with E-state index in [0.717, 1.165) is 36.4 Å². The number of thiazole rings is 1. The molecular weight excluding hydrogens is 545 g/mol. The molecule has 8 nitrogen and oxygen atoms in total. The number of aromatic nitrogens is 2. The summed E-state index contributed by atoms with van der Waals surface area (Å²) in [7, 11) is 0. The molecule has 1 saturated carbocycles. The zero-order valence-electron chi connectivity index (χ0n) is 21.3. The quantitative estimate of drug-likeness (QED) is 0.474. The molecular formula is C25H28F5N5O3S. The molecule has 1 aliphatic carbocycles. The fourth-order valence-corrected chi connectivity index (χ4v) is 6.12. The van der Waals surface area contributed by atoms with E-state index in [0.29, 0.717) is 24.4 Å². The number of hydrogen-bond acceptors (Lipinski definition) is 7. The Bertz CT molecular complexity index is 1270. The van der Waals surface area contributed by atoms with Crippen LogP contribution < -0.4 is 10.6 Å². The minimum atomic E-state index is -4.84. The highest BCUT2D eigenvalue weighted by atomic mass is 32.1. The van der Waals surface area contributed by atoms with Gasteiger partial charge in [0, 0.05) is 36.4 Å². The van der Waals surface area contributed by atoms with E-state index in [4.69, 9.17) is 4.74 Å². The van der Waals surface area contributed by atoms with Crippen LogP contribution in [0.3, 0.4) is 0 Å². The van der Waals surface area contributed by atoms with E-state index in [1.54, 1.807) is 0 Å². The van der Waals surface area contributed by atoms with Crippen LogP contribution in [0.5, 0.6) is 0 Å². The van der Waals surface area contributed by atoms with Gasteiger partial charge in [0.15, 0.2) is 5.01 Å². The van der Waals surface area contributed by atoms with Crippen molar-refractivity contribution in [3.8, 4) is 10.4 Å². The fourth-order valence-electron chi connectivity index (χ4n) is 5.14. The number of hydrogen-bond donors (Lipinski definition) is 2. The third-order valence-corrected chi connectivity index (χ3v) is 8.51. The molecule has 4 heterocycles. The Morgan fingerprint density at radius 2 is 2.00 bits per heavy atom. The van der Waals surface area contributed by atoms with Crippen LogP contribution in [0.15, 0.2) is 12.3 Å². The van der Waals surface area contributed by atoms with E-state index in [9.17, 15) is 31.5 Å². The van der Waals surface area contributed by atoms with E-state index in [1.165, 1.54) is 6.92 Å². The highest BCUT2D eigenvalue weighted by Crippen LogP contribution is 2.43. The maximum absolute atomic E-state index is 14.3. The molecule has 0 spiro atoms. The van der Waals surface area contributed by atoms with Gasteiger partial charge in [-0.05, 0) is 45.6 Å². The zero-order chi connectivity index (χ0) is 28.2. The van der Waals surface area contributed by atoms with Crippen molar-refractivity contribution in [2.24, 2.45) is 0 Å². The number of amides is 2. The summed E-state index contributed by atoms with van der Waals surface area (Å²) < 4.78 is 76.4. The first kappa shape index (κ1) is 27.7. The summed E-state index contributed by atoms with van der Waals surface area (Å²) in [5.74, 6) is -4.77. The molecule has 212 valence electrons. The molecule has 2 aliphatic heterocycles. The maximum atomic E-state index is 14.3. The number of pyridine rings is 1. The van der Waals surface area contributed by atoms with Crippen LogP contribution in [-0.4, -0.2) is 70.0 Å². The van der Waals surface area contributed by atoms with Crippen LogP contribution in [0.1, 0.15) is 71.8 Å². The number of anilines is 1. The molecule has 0 aromatic carbocycles. The van der Waals surface area contributed by atoms with Crippen LogP contribution in [0.25, 0.3) is 10.4 Å². The van der Waals surface area contributed by atoms with Crippen molar-refractivity contribution in [2.75, 3.05) is 25.1 Å². The standard InChI is InChI=1S/C25H28F5N5O3S/c1-13-9-24(26,27)12-35(13)22(37)18-19(39-21(33-18)20(36)32-14-4-7-38-11-14)15-10-31-17(8-16(15)25(28,29)30)34-23(2)5-3-6-23/h8,10,13-14H,3-7,9,11-12H2,1-2H3,(H,31,34)(H,32,36). The Hall–Kier alpha value is -2.87. The van der Waals surface area contributed by atoms with Gasteiger partial charge in [0.2, 0.25) is 0 Å². The summed E-state index contributed by atoms with van der Waals surface area (Å²) in [5, 5.41) is 5.50. The Labute approximate surface area is 225 Å². The zero-order valence-corrected chi connectivity index (χ0v) is 22.1. The summed E-state index contributed by atoms with van der Waals surface area (Å²) >= 11 is 0.598. The summed E-state index contributed by atoms with van der Waals surface area (Å²) in [6.07, 6.45) is -1.36. The van der Waals surface area contributed by atoms with Gasteiger partial charge in [-0.2, -0.15) is 13.2 Å². The topological polar surface area (TPSA) is 96.5 Å². The molecule has 14 heteroatoms. The van der Waals surface area contributed by atoms with Gasteiger partial charge in [-0.3, -0.25) is 9.59 Å². The first-order valence-corrected chi connectivity index (χ1v) is 13.5. The molecule has 39 heavy (non-hydrogen) atoms. The van der Waals surface area contributed by atoms with Gasteiger partial charge in [0.25, 0.3) is 17.7 Å². The van der Waals surface area contributed by atoms with Crippen LogP contribution in [0.4, 0.5) is 27.8 Å². The number of nitrogens with one attached hydrogen (secondary N) is 2. The number of alkyl halides is 5. The van der Waals surface area contributed by atoms with Crippen LogP contribution in [0.2, 0.25) is 0 Å². The monoisotopic (exact) mass is 573 g/mol. The van der Waals surface area contributed by atoms with Crippen LogP contribution in [0, 0.1) is 0 Å². The third kappa shape index (κ3) is 5.72. The number of rotatable bonds is 6. The van der Waals surface area contributed by atoms with Crippen molar-refractivity contribution in [3.05, 3.63) is 28.5 Å². The molecule has 5 rings (SSSR count). The first-order chi connectivity index (χ1) is 18.2. The summed E-state index contributed by atoms with van der Waals surface area (Å²) in [5.41, 5.74) is -2.38. The normalized spacial score (nSPS) is 23.9. The smallest absolute Gasteiger partial charge is 0.379 e. The Balaban J connectivity index is 1.57. The molecule has 2 aromatic heterocycles. The second kappa shape index (κ2) is 9.95. The summed E-state index contributed by atoms with van der Waals surface area (Å²) in [6.45, 7) is 3.15. The van der Waals surface area contributed by atoms with Gasteiger partial charge < -0.3 is 20.3 Å². The molecule has 2 N–H and O–H groups in total. The van der Waals surface area contributed by atoms with Crippen molar-refractivity contribution >= 4 is 29.0 Å². The number of nitrogens with zero attached hydrogens (tertiary/aromatic N) is 3. The second-order valence-corrected chi connectivity index (χ2v) is 11.7. The van der Waals surface area contributed by atoms with Gasteiger partial charge in [-0.25, -0.2) is 18.7 Å². The van der Waals surface area contributed by atoms with Crippen molar-refractivity contribution < 1.29 is 36.3 Å². The van der Waals surface area contributed by atoms with Gasteiger partial charge in [0.1, 0.15) is 11.5 Å². The Morgan fingerprint density at radius 1 is 1.26 bits per heavy atom. The predicted molar refractivity (Wildman–Crippen MR) is 133 cm³/mol. The molecule has 3 fully saturated rings. The van der Waals surface area contributed by atoms with E-state index in [-0.39, 0.29) is 33.9 Å². The van der Waals surface area contributed by atoms with Gasteiger partial charge >= 0.3 is 6.18 Å². The lowest BCUT2D eigenvalue weighted by Gasteiger charge is -2.39. The van der Waals surface area contributed by atoms with Gasteiger partial charge in [-0.15, -0.1) is 11.3 Å². The molecule has 0 radical (unpaired) electrons. The lowest BCUT2D eigenvalue weighted by Crippen LogP contribution is -2.41. The minimum Gasteiger partial charge on any atom is -0.379 e. The van der Waals surface area contributed by atoms with E-state index in [2.05, 4.69) is 20.6 Å². The highest BCUT2D eigenvalue weighted by molar-refractivity contribution is 7.17. The van der Waals surface area contributed by atoms with E-state index < -0.39 is 59.7 Å². The van der Waals surface area contributed by atoms with Crippen LogP contribution in [-0.2, 0) is 10.9 Å². The Morgan fingerprint density at radius 3 is 2.56 bits per heavy atom. The summed E-state index contributed by atoms with van der Waals surface area (Å²) in [4.78, 5) is 35.3. The highest BCUT2D eigenvalue weighted by Gasteiger charge is 2.47. The van der Waals surface area contributed by atoms with Crippen LogP contribution >= 0.6 is 11.3 Å². The molecule has 2 saturated heterocycles. The molecule has 3 aliphatic rings. The van der Waals surface area contributed by atoms with E-state index in [1.807, 2.05) is 6.92 Å². The predicted octanol–water partition coefficient (Wildman–Crippen LogP) is 4.97. The van der Waals surface area contributed by atoms with E-state index >= 15 is 0 Å². The average Bonchev–Trinajstić information content (AvgIpc) is 3.56. The van der Waals surface area contributed by atoms with Crippen molar-refractivity contribution in [2.45, 2.75) is 75.7 Å². The SMILES string of the molecule is CC1CC(F)(F)CN1C(=O)c1nc(C(=O)NC2CCOC2)sc1-c1cnc(NC2(C)CCC2)cc1C(F)(F)F. The minimum absolute atomic E-state index is 0.0256. The first-order valence-electron chi connectivity index (χ1n) is 12.7. The van der Waals surface area contributed by atoms with Gasteiger partial charge in [-0.1, -0.05) is 0 Å². The van der Waals surface area contributed by atoms with Crippen molar-refractivity contribution in [3.63, 3.8) is 0 Å². The average molecular weight is 574 g/mol. The number of carbonyl (C=O) groups excluding carboxylic acids is 2. The number of ether oxygens (including phenoxy) is 1. The molecule has 2 aromatic rings. The number of halogens is 5. The van der Waals surface area contributed by atoms with Crippen molar-refractivity contribution in [1.29, 1.82) is 0 Å². The molecule has 2 amide bonds. The lowest BCUT2D eigenvalue weighted by atomic mass is 9.78. The largest absolute Gasteiger partial charge is 0.417 e. The maximum Gasteiger partial charge on any atom is 0.417 e. The second-order valence-electron chi connectivity index (χ2n) is 10.7. The lowest BCUT2D eigenvalue weighted by molar-refractivity contribution is -0.137.